The standard InChI is InChI=1S/C27H19ClN4O5/c28-19-11-10-17(32(36)37)14-20(19)29-25(33)24-22-21(23-18-9-5-4-6-15(18)12-13-30(23)24)26(34)31(27(22)35)16-7-2-1-3-8-16/h1-14,21-24H,(H,29,33)/t21-,22-,23+,24+/m1/s1. The Kier molecular flexibility index (Phi) is 5.31. The lowest BCUT2D eigenvalue weighted by molar-refractivity contribution is -0.384. The highest BCUT2D eigenvalue weighted by Gasteiger charge is 2.64. The Balaban J connectivity index is 1.44. The van der Waals surface area contributed by atoms with E-state index in [1.54, 1.807) is 41.4 Å². The zero-order chi connectivity index (χ0) is 25.8. The molecule has 3 amide bonds. The van der Waals surface area contributed by atoms with Crippen molar-refractivity contribution in [3.8, 4) is 0 Å². The summed E-state index contributed by atoms with van der Waals surface area (Å²) in [5.74, 6) is -3.18. The molecular formula is C27H19ClN4O5. The summed E-state index contributed by atoms with van der Waals surface area (Å²) in [6.07, 6.45) is 3.58. The van der Waals surface area contributed by atoms with Gasteiger partial charge in [-0.15, -0.1) is 0 Å². The first-order chi connectivity index (χ1) is 17.9. The molecule has 0 saturated carbocycles. The van der Waals surface area contributed by atoms with E-state index in [0.717, 1.165) is 16.0 Å². The van der Waals surface area contributed by atoms with Gasteiger partial charge in [-0.25, -0.2) is 4.90 Å². The van der Waals surface area contributed by atoms with E-state index in [9.17, 15) is 24.5 Å². The van der Waals surface area contributed by atoms with Gasteiger partial charge in [0.15, 0.2) is 0 Å². The molecule has 9 nitrogen and oxygen atoms in total. The van der Waals surface area contributed by atoms with Gasteiger partial charge in [-0.3, -0.25) is 24.5 Å². The van der Waals surface area contributed by atoms with E-state index in [0.29, 0.717) is 5.69 Å². The third-order valence-corrected chi connectivity index (χ3v) is 7.49. The van der Waals surface area contributed by atoms with Crippen molar-refractivity contribution in [2.45, 2.75) is 12.1 Å². The summed E-state index contributed by atoms with van der Waals surface area (Å²) in [5, 5.41) is 14.0. The third-order valence-electron chi connectivity index (χ3n) is 7.16. The van der Waals surface area contributed by atoms with Gasteiger partial charge in [0, 0.05) is 18.3 Å². The fourth-order valence-electron chi connectivity index (χ4n) is 5.62. The number of fused-ring (bicyclic) bond motifs is 5. The van der Waals surface area contributed by atoms with Gasteiger partial charge in [-0.1, -0.05) is 54.1 Å². The highest BCUT2D eigenvalue weighted by molar-refractivity contribution is 6.34. The highest BCUT2D eigenvalue weighted by Crippen LogP contribution is 2.53. The number of halogens is 1. The number of hydrogen-bond acceptors (Lipinski definition) is 6. The molecule has 2 fully saturated rings. The number of anilines is 2. The van der Waals surface area contributed by atoms with Gasteiger partial charge in [-0.2, -0.15) is 0 Å². The monoisotopic (exact) mass is 514 g/mol. The number of carbonyl (C=O) groups is 3. The molecule has 0 aliphatic carbocycles. The molecule has 184 valence electrons. The first-order valence-corrected chi connectivity index (χ1v) is 12.0. The van der Waals surface area contributed by atoms with Crippen LogP contribution < -0.4 is 10.2 Å². The van der Waals surface area contributed by atoms with Crippen molar-refractivity contribution >= 4 is 52.5 Å². The van der Waals surface area contributed by atoms with Gasteiger partial charge in [0.25, 0.3) is 5.69 Å². The zero-order valence-electron chi connectivity index (χ0n) is 19.2. The topological polar surface area (TPSA) is 113 Å². The van der Waals surface area contributed by atoms with Crippen LogP contribution in [0.5, 0.6) is 0 Å². The van der Waals surface area contributed by atoms with Crippen LogP contribution in [0, 0.1) is 22.0 Å². The minimum atomic E-state index is -1.04. The Bertz CT molecular complexity index is 1510. The zero-order valence-corrected chi connectivity index (χ0v) is 19.9. The second-order valence-electron chi connectivity index (χ2n) is 9.09. The van der Waals surface area contributed by atoms with Crippen LogP contribution in [-0.4, -0.2) is 33.6 Å². The highest BCUT2D eigenvalue weighted by atomic mass is 35.5. The number of non-ortho nitro benzene ring substituents is 1. The fourth-order valence-corrected chi connectivity index (χ4v) is 5.78. The molecule has 3 aliphatic rings. The van der Waals surface area contributed by atoms with Crippen molar-refractivity contribution in [1.29, 1.82) is 0 Å². The molecular weight excluding hydrogens is 496 g/mol. The first-order valence-electron chi connectivity index (χ1n) is 11.6. The summed E-state index contributed by atoms with van der Waals surface area (Å²) in [7, 11) is 0. The van der Waals surface area contributed by atoms with Crippen LogP contribution in [0.3, 0.4) is 0 Å². The maximum Gasteiger partial charge on any atom is 0.271 e. The van der Waals surface area contributed by atoms with Gasteiger partial charge in [-0.05, 0) is 35.4 Å². The van der Waals surface area contributed by atoms with E-state index >= 15 is 0 Å². The van der Waals surface area contributed by atoms with Crippen LogP contribution in [-0.2, 0) is 14.4 Å². The molecule has 37 heavy (non-hydrogen) atoms. The number of imide groups is 1. The molecule has 6 rings (SSSR count). The number of hydrogen-bond donors (Lipinski definition) is 1. The quantitative estimate of drug-likeness (QED) is 0.313. The molecule has 0 radical (unpaired) electrons. The van der Waals surface area contributed by atoms with E-state index in [1.165, 1.54) is 18.2 Å². The van der Waals surface area contributed by atoms with Crippen LogP contribution in [0.15, 0.2) is 79.0 Å². The van der Waals surface area contributed by atoms with Gasteiger partial charge >= 0.3 is 0 Å². The molecule has 3 aromatic carbocycles. The van der Waals surface area contributed by atoms with E-state index in [-0.39, 0.29) is 22.3 Å². The number of amides is 3. The molecule has 0 spiro atoms. The van der Waals surface area contributed by atoms with E-state index in [1.807, 2.05) is 30.3 Å². The van der Waals surface area contributed by atoms with Crippen molar-refractivity contribution in [2.24, 2.45) is 11.8 Å². The van der Waals surface area contributed by atoms with Crippen LogP contribution in [0.25, 0.3) is 6.08 Å². The van der Waals surface area contributed by atoms with E-state index in [2.05, 4.69) is 5.32 Å². The third kappa shape index (κ3) is 3.50. The second-order valence-corrected chi connectivity index (χ2v) is 9.50. The maximum absolute atomic E-state index is 13.8. The summed E-state index contributed by atoms with van der Waals surface area (Å²) in [4.78, 5) is 54.9. The number of rotatable bonds is 4. The number of nitro benzene ring substituents is 1. The molecule has 2 saturated heterocycles. The van der Waals surface area contributed by atoms with Gasteiger partial charge < -0.3 is 10.2 Å². The fraction of sp³-hybridized carbons (Fsp3) is 0.148. The lowest BCUT2D eigenvalue weighted by Crippen LogP contribution is -2.46. The van der Waals surface area contributed by atoms with Crippen molar-refractivity contribution < 1.29 is 19.3 Å². The molecule has 1 N–H and O–H groups in total. The molecule has 0 bridgehead atoms. The summed E-state index contributed by atoms with van der Waals surface area (Å²) in [6.45, 7) is 0. The van der Waals surface area contributed by atoms with E-state index in [4.69, 9.17) is 11.6 Å². The molecule has 0 aromatic heterocycles. The Morgan fingerprint density at radius 2 is 1.65 bits per heavy atom. The molecule has 3 aromatic rings. The minimum absolute atomic E-state index is 0.0546. The first kappa shape index (κ1) is 22.9. The number of para-hydroxylation sites is 1. The number of carbonyl (C=O) groups excluding carboxylic acids is 3. The van der Waals surface area contributed by atoms with Gasteiger partial charge in [0.05, 0.1) is 39.2 Å². The smallest absolute Gasteiger partial charge is 0.271 e. The average molecular weight is 515 g/mol. The van der Waals surface area contributed by atoms with E-state index < -0.39 is 40.7 Å². The number of nitrogens with one attached hydrogen (secondary N) is 1. The predicted octanol–water partition coefficient (Wildman–Crippen LogP) is 4.40. The largest absolute Gasteiger partial charge is 0.357 e. The molecule has 0 unspecified atom stereocenters. The lowest BCUT2D eigenvalue weighted by Gasteiger charge is -2.35. The summed E-state index contributed by atoms with van der Waals surface area (Å²) < 4.78 is 0. The van der Waals surface area contributed by atoms with Crippen molar-refractivity contribution in [3.05, 3.63) is 105 Å². The number of benzene rings is 3. The van der Waals surface area contributed by atoms with Crippen LogP contribution in [0.1, 0.15) is 17.2 Å². The molecule has 10 heteroatoms. The normalized spacial score (nSPS) is 23.5. The predicted molar refractivity (Wildman–Crippen MR) is 136 cm³/mol. The Morgan fingerprint density at radius 1 is 0.946 bits per heavy atom. The SMILES string of the molecule is O=C(Nc1cc([N+](=O)[O-])ccc1Cl)[C@@H]1[C@@H]2C(=O)N(c3ccccc3)C(=O)[C@H]2[C@@H]2c3ccccc3C=CN12. The summed E-state index contributed by atoms with van der Waals surface area (Å²) >= 11 is 6.23. The Morgan fingerprint density at radius 3 is 2.41 bits per heavy atom. The second kappa shape index (κ2) is 8.56. The van der Waals surface area contributed by atoms with Crippen LogP contribution >= 0.6 is 11.6 Å². The van der Waals surface area contributed by atoms with Crippen LogP contribution in [0.2, 0.25) is 5.02 Å². The lowest BCUT2D eigenvalue weighted by atomic mass is 9.84. The number of nitro groups is 1. The minimum Gasteiger partial charge on any atom is -0.357 e. The van der Waals surface area contributed by atoms with Crippen molar-refractivity contribution in [3.63, 3.8) is 0 Å². The molecule has 3 heterocycles. The van der Waals surface area contributed by atoms with Gasteiger partial charge in [0.2, 0.25) is 17.7 Å². The van der Waals surface area contributed by atoms with Crippen molar-refractivity contribution in [1.82, 2.24) is 4.90 Å². The average Bonchev–Trinajstić information content (AvgIpc) is 3.38. The summed E-state index contributed by atoms with van der Waals surface area (Å²) in [6, 6.07) is 18.4. The maximum atomic E-state index is 13.8. The Labute approximate surface area is 216 Å². The summed E-state index contributed by atoms with van der Waals surface area (Å²) in [5.41, 5.74) is 2.01. The Hall–Kier alpha value is -4.50. The molecule has 3 aliphatic heterocycles. The van der Waals surface area contributed by atoms with Crippen molar-refractivity contribution in [2.75, 3.05) is 10.2 Å². The number of nitrogens with zero attached hydrogens (tertiary/aromatic N) is 3. The van der Waals surface area contributed by atoms with Crippen LogP contribution in [0.4, 0.5) is 17.1 Å². The van der Waals surface area contributed by atoms with Gasteiger partial charge in [0.1, 0.15) is 6.04 Å². The molecule has 4 atom stereocenters.